The molecular weight excluding hydrogens is 494 g/mol. The quantitative estimate of drug-likeness (QED) is 0.172. The van der Waals surface area contributed by atoms with Crippen molar-refractivity contribution in [2.75, 3.05) is 26.9 Å². The number of imide groups is 1. The molecule has 37 heavy (non-hydrogen) atoms. The van der Waals surface area contributed by atoms with E-state index in [9.17, 15) is 14.4 Å². The van der Waals surface area contributed by atoms with Gasteiger partial charge in [0.15, 0.2) is 11.5 Å². The molecule has 1 aromatic heterocycles. The van der Waals surface area contributed by atoms with E-state index in [1.54, 1.807) is 61.7 Å². The van der Waals surface area contributed by atoms with Crippen molar-refractivity contribution < 1.29 is 33.0 Å². The number of rotatable bonds is 11. The highest BCUT2D eigenvalue weighted by atomic mass is 32.2. The van der Waals surface area contributed by atoms with Crippen LogP contribution >= 0.6 is 11.8 Å². The molecule has 0 saturated carbocycles. The topological polar surface area (TPSA) is 95.3 Å². The maximum Gasteiger partial charge on any atom is 0.338 e. The molecule has 3 aromatic rings. The van der Waals surface area contributed by atoms with Crippen LogP contribution in [0.3, 0.4) is 0 Å². The summed E-state index contributed by atoms with van der Waals surface area (Å²) >= 11 is 0.856. The van der Waals surface area contributed by atoms with Gasteiger partial charge in [0.2, 0.25) is 0 Å². The third-order valence-corrected chi connectivity index (χ3v) is 6.46. The van der Waals surface area contributed by atoms with Crippen molar-refractivity contribution in [3.63, 3.8) is 0 Å². The maximum absolute atomic E-state index is 12.8. The molecule has 1 saturated heterocycles. The molecule has 0 spiro atoms. The van der Waals surface area contributed by atoms with Crippen LogP contribution in [0, 0.1) is 0 Å². The lowest BCUT2D eigenvalue weighted by molar-refractivity contribution is -0.123. The van der Waals surface area contributed by atoms with Crippen molar-refractivity contribution in [2.24, 2.45) is 0 Å². The van der Waals surface area contributed by atoms with Crippen LogP contribution in [0.15, 0.2) is 70.0 Å². The Morgan fingerprint density at radius 2 is 1.76 bits per heavy atom. The Balaban J connectivity index is 1.36. The molecule has 0 N–H and O–H groups in total. The highest BCUT2D eigenvalue weighted by molar-refractivity contribution is 8.18. The summed E-state index contributed by atoms with van der Waals surface area (Å²) in [6.45, 7) is 2.68. The molecule has 0 bridgehead atoms. The third kappa shape index (κ3) is 6.42. The van der Waals surface area contributed by atoms with E-state index in [1.807, 2.05) is 19.1 Å². The van der Waals surface area contributed by atoms with Crippen LogP contribution < -0.4 is 9.47 Å². The van der Waals surface area contributed by atoms with Gasteiger partial charge in [-0.05, 0) is 54.6 Å². The average molecular weight is 522 g/mol. The zero-order valence-electron chi connectivity index (χ0n) is 20.6. The van der Waals surface area contributed by atoms with Crippen LogP contribution in [-0.2, 0) is 9.53 Å². The van der Waals surface area contributed by atoms with E-state index in [1.165, 1.54) is 0 Å². The molecule has 4 rings (SSSR count). The van der Waals surface area contributed by atoms with Crippen molar-refractivity contribution in [2.45, 2.75) is 19.8 Å². The lowest BCUT2D eigenvalue weighted by Crippen LogP contribution is -2.32. The Morgan fingerprint density at radius 3 is 2.49 bits per heavy atom. The summed E-state index contributed by atoms with van der Waals surface area (Å²) in [6, 6.07) is 17.6. The number of hydrogen-bond acceptors (Lipinski definition) is 8. The Kier molecular flexibility index (Phi) is 8.68. The lowest BCUT2D eigenvalue weighted by Gasteiger charge is -2.14. The zero-order chi connectivity index (χ0) is 26.2. The van der Waals surface area contributed by atoms with E-state index in [-0.39, 0.29) is 29.3 Å². The number of unbranched alkanes of at least 4 members (excludes halogenated alkanes) is 1. The van der Waals surface area contributed by atoms with Crippen molar-refractivity contribution in [1.29, 1.82) is 0 Å². The van der Waals surface area contributed by atoms with Gasteiger partial charge < -0.3 is 18.6 Å². The molecule has 0 atom stereocenters. The molecule has 2 amide bonds. The number of thioether (sulfide) groups is 1. The molecule has 2 heterocycles. The van der Waals surface area contributed by atoms with E-state index in [4.69, 9.17) is 18.6 Å². The molecule has 2 aromatic carbocycles. The Bertz CT molecular complexity index is 1300. The Labute approximate surface area is 219 Å². The second-order valence-corrected chi connectivity index (χ2v) is 9.09. The fraction of sp³-hybridized carbons (Fsp3) is 0.250. The largest absolute Gasteiger partial charge is 0.493 e. The summed E-state index contributed by atoms with van der Waals surface area (Å²) in [7, 11) is 1.55. The molecule has 9 heteroatoms. The Morgan fingerprint density at radius 1 is 1.00 bits per heavy atom. The summed E-state index contributed by atoms with van der Waals surface area (Å²) in [5.74, 6) is 1.37. The third-order valence-electron chi connectivity index (χ3n) is 5.55. The molecule has 1 fully saturated rings. The summed E-state index contributed by atoms with van der Waals surface area (Å²) in [5.41, 5.74) is 1.24. The molecule has 1 aliphatic rings. The van der Waals surface area contributed by atoms with E-state index in [0.29, 0.717) is 35.2 Å². The van der Waals surface area contributed by atoms with Gasteiger partial charge in [0.25, 0.3) is 11.1 Å². The maximum atomic E-state index is 12.8. The number of ether oxygens (including phenoxy) is 3. The molecule has 0 unspecified atom stereocenters. The number of amides is 2. The first-order valence-electron chi connectivity index (χ1n) is 11.9. The lowest BCUT2D eigenvalue weighted by atomic mass is 10.1. The van der Waals surface area contributed by atoms with Crippen molar-refractivity contribution in [1.82, 2.24) is 4.90 Å². The van der Waals surface area contributed by atoms with Crippen LogP contribution in [0.4, 0.5) is 4.79 Å². The van der Waals surface area contributed by atoms with Crippen LogP contribution in [-0.4, -0.2) is 48.9 Å². The molecule has 8 nitrogen and oxygen atoms in total. The average Bonchev–Trinajstić information content (AvgIpc) is 3.49. The van der Waals surface area contributed by atoms with Gasteiger partial charge in [0.1, 0.15) is 18.1 Å². The zero-order valence-corrected chi connectivity index (χ0v) is 21.4. The minimum absolute atomic E-state index is 0.108. The molecule has 0 radical (unpaired) electrons. The van der Waals surface area contributed by atoms with Crippen LogP contribution in [0.5, 0.6) is 11.5 Å². The summed E-state index contributed by atoms with van der Waals surface area (Å²) < 4.78 is 22.0. The molecule has 1 aliphatic heterocycles. The van der Waals surface area contributed by atoms with Gasteiger partial charge in [0, 0.05) is 11.6 Å². The fourth-order valence-electron chi connectivity index (χ4n) is 3.56. The highest BCUT2D eigenvalue weighted by Crippen LogP contribution is 2.33. The van der Waals surface area contributed by atoms with Crippen molar-refractivity contribution in [3.8, 4) is 22.8 Å². The predicted molar refractivity (Wildman–Crippen MR) is 141 cm³/mol. The monoisotopic (exact) mass is 521 g/mol. The number of furan rings is 1. The second-order valence-electron chi connectivity index (χ2n) is 8.10. The summed E-state index contributed by atoms with van der Waals surface area (Å²) in [5, 5.41) is -0.368. The minimum Gasteiger partial charge on any atom is -0.493 e. The molecule has 192 valence electrons. The molecular formula is C28H27NO7S. The van der Waals surface area contributed by atoms with Crippen LogP contribution in [0.2, 0.25) is 0 Å². The normalized spacial score (nSPS) is 14.3. The number of carbonyl (C=O) groups excluding carboxylic acids is 3. The van der Waals surface area contributed by atoms with E-state index in [0.717, 1.165) is 35.1 Å². The Hall–Kier alpha value is -3.98. The van der Waals surface area contributed by atoms with Gasteiger partial charge in [-0.15, -0.1) is 0 Å². The first-order valence-corrected chi connectivity index (χ1v) is 12.7. The van der Waals surface area contributed by atoms with Crippen LogP contribution in [0.1, 0.15) is 35.9 Å². The summed E-state index contributed by atoms with van der Waals surface area (Å²) in [4.78, 5) is 38.7. The standard InChI is InChI=1S/C28H27NO7S/c1-3-4-16-35-27(31)20-11-9-19(10-12-20)22-14-13-21(36-22)18-25-26(30)29(28(32)37-25)15-17-34-24-8-6-5-7-23(24)33-2/h5-14,18H,3-4,15-17H2,1-2H3/b25-18-. The number of methoxy groups -OCH3 is 1. The van der Waals surface area contributed by atoms with Crippen LogP contribution in [0.25, 0.3) is 17.4 Å². The predicted octanol–water partition coefficient (Wildman–Crippen LogP) is 6.03. The second kappa shape index (κ2) is 12.3. The van der Waals surface area contributed by atoms with Crippen molar-refractivity contribution in [3.05, 3.63) is 76.9 Å². The minimum atomic E-state index is -0.400. The van der Waals surface area contributed by atoms with Gasteiger partial charge in [0.05, 0.1) is 30.7 Å². The number of carbonyl (C=O) groups is 3. The van der Waals surface area contributed by atoms with E-state index >= 15 is 0 Å². The summed E-state index contributed by atoms with van der Waals surface area (Å²) in [6.07, 6.45) is 3.34. The van der Waals surface area contributed by atoms with E-state index in [2.05, 4.69) is 0 Å². The van der Waals surface area contributed by atoms with Gasteiger partial charge in [-0.25, -0.2) is 4.79 Å². The van der Waals surface area contributed by atoms with E-state index < -0.39 is 5.91 Å². The number of nitrogens with zero attached hydrogens (tertiary/aromatic N) is 1. The number of hydrogen-bond donors (Lipinski definition) is 0. The van der Waals surface area contributed by atoms with Gasteiger partial charge >= 0.3 is 5.97 Å². The van der Waals surface area contributed by atoms with Crippen molar-refractivity contribution >= 4 is 35.0 Å². The number of benzene rings is 2. The molecule has 0 aliphatic carbocycles. The van der Waals surface area contributed by atoms with Gasteiger partial charge in [-0.1, -0.05) is 37.6 Å². The smallest absolute Gasteiger partial charge is 0.338 e. The fourth-order valence-corrected chi connectivity index (χ4v) is 4.40. The number of para-hydroxylation sites is 2. The highest BCUT2D eigenvalue weighted by Gasteiger charge is 2.35. The van der Waals surface area contributed by atoms with Gasteiger partial charge in [-0.3, -0.25) is 14.5 Å². The first kappa shape index (κ1) is 26.1. The number of esters is 1. The first-order chi connectivity index (χ1) is 18.0. The van der Waals surface area contributed by atoms with Gasteiger partial charge in [-0.2, -0.15) is 0 Å². The SMILES string of the molecule is CCCCOC(=O)c1ccc(-c2ccc(/C=C3\SC(=O)N(CCOc4ccccc4OC)C3=O)o2)cc1.